The van der Waals surface area contributed by atoms with E-state index in [1.54, 1.807) is 0 Å². The molecule has 42 heavy (non-hydrogen) atoms. The highest BCUT2D eigenvalue weighted by molar-refractivity contribution is 6.01. The summed E-state index contributed by atoms with van der Waals surface area (Å²) in [6.45, 7) is 2.15. The van der Waals surface area contributed by atoms with Gasteiger partial charge in [0.15, 0.2) is 11.6 Å². The van der Waals surface area contributed by atoms with Crippen LogP contribution in [0.15, 0.2) is 89.0 Å². The number of aliphatic hydroxyl groups is 1. The molecule has 3 aromatic carbocycles. The van der Waals surface area contributed by atoms with Crippen molar-refractivity contribution < 1.29 is 19.4 Å². The van der Waals surface area contributed by atoms with Crippen molar-refractivity contribution in [2.45, 2.75) is 50.3 Å². The van der Waals surface area contributed by atoms with Gasteiger partial charge in [-0.15, -0.1) is 0 Å². The number of nitrogens with zero attached hydrogens (tertiary/aromatic N) is 5. The molecule has 2 atom stereocenters. The van der Waals surface area contributed by atoms with Crippen molar-refractivity contribution in [1.29, 1.82) is 0 Å². The normalized spacial score (nSPS) is 20.2. The van der Waals surface area contributed by atoms with Crippen LogP contribution in [0.5, 0.6) is 5.75 Å². The summed E-state index contributed by atoms with van der Waals surface area (Å²) in [4.78, 5) is 22.5. The number of aliphatic imine (C=N–C) groups is 1. The van der Waals surface area contributed by atoms with Gasteiger partial charge in [0.1, 0.15) is 5.75 Å². The first-order valence-corrected chi connectivity index (χ1v) is 14.4. The summed E-state index contributed by atoms with van der Waals surface area (Å²) in [7, 11) is 0. The van der Waals surface area contributed by atoms with Gasteiger partial charge in [-0.1, -0.05) is 66.1 Å². The maximum absolute atomic E-state index is 14.5. The van der Waals surface area contributed by atoms with Gasteiger partial charge in [0.25, 0.3) is 5.91 Å². The van der Waals surface area contributed by atoms with E-state index in [9.17, 15) is 4.79 Å². The number of hydrogen-bond donors (Lipinski definition) is 2. The van der Waals surface area contributed by atoms with E-state index >= 15 is 0 Å². The number of piperidine rings is 1. The van der Waals surface area contributed by atoms with E-state index in [4.69, 9.17) is 25.1 Å². The Labute approximate surface area is 245 Å². The highest BCUT2D eigenvalue weighted by atomic mass is 16.5. The summed E-state index contributed by atoms with van der Waals surface area (Å²) in [5.74, 6) is 0.779. The van der Waals surface area contributed by atoms with Gasteiger partial charge >= 0.3 is 0 Å². The van der Waals surface area contributed by atoms with E-state index in [1.807, 2.05) is 83.9 Å². The number of azide groups is 1. The van der Waals surface area contributed by atoms with Crippen LogP contribution in [-0.2, 0) is 22.5 Å². The lowest BCUT2D eigenvalue weighted by molar-refractivity contribution is -0.134. The Balaban J connectivity index is 1.58. The number of benzene rings is 3. The van der Waals surface area contributed by atoms with E-state index in [-0.39, 0.29) is 19.1 Å². The number of aliphatic hydroxyl groups excluding tert-OH is 1. The maximum Gasteiger partial charge on any atom is 0.266 e. The minimum absolute atomic E-state index is 0.0637. The van der Waals surface area contributed by atoms with Crippen molar-refractivity contribution in [3.63, 3.8) is 0 Å². The highest BCUT2D eigenvalue weighted by Crippen LogP contribution is 2.44. The predicted octanol–water partition coefficient (Wildman–Crippen LogP) is 5.27. The maximum atomic E-state index is 14.5. The van der Waals surface area contributed by atoms with Gasteiger partial charge in [0.05, 0.1) is 13.2 Å². The average Bonchev–Trinajstić information content (AvgIpc) is 3.42. The zero-order valence-corrected chi connectivity index (χ0v) is 23.6. The quantitative estimate of drug-likeness (QED) is 0.133. The second-order valence-electron chi connectivity index (χ2n) is 10.5. The summed E-state index contributed by atoms with van der Waals surface area (Å²) in [6, 6.07) is 24.8. The minimum atomic E-state index is -1.34. The number of carbonyl (C=O) groups is 1. The molecule has 218 valence electrons. The molecule has 0 radical (unpaired) electrons. The van der Waals surface area contributed by atoms with Gasteiger partial charge < -0.3 is 14.6 Å². The van der Waals surface area contributed by atoms with Crippen LogP contribution in [0.2, 0.25) is 0 Å². The molecule has 10 nitrogen and oxygen atoms in total. The molecule has 2 aliphatic heterocycles. The minimum Gasteiger partial charge on any atom is -0.494 e. The van der Waals surface area contributed by atoms with Crippen LogP contribution < -0.4 is 10.2 Å². The van der Waals surface area contributed by atoms with Gasteiger partial charge in [-0.3, -0.25) is 10.2 Å². The zero-order chi connectivity index (χ0) is 29.2. The van der Waals surface area contributed by atoms with Crippen LogP contribution in [-0.4, -0.2) is 53.8 Å². The Morgan fingerprint density at radius 2 is 1.81 bits per heavy atom. The van der Waals surface area contributed by atoms with Crippen LogP contribution in [0.25, 0.3) is 10.4 Å². The van der Waals surface area contributed by atoms with Crippen LogP contribution in [0, 0.1) is 0 Å². The predicted molar refractivity (Wildman–Crippen MR) is 160 cm³/mol. The number of hydrogen-bond acceptors (Lipinski definition) is 7. The largest absolute Gasteiger partial charge is 0.494 e. The Kier molecular flexibility index (Phi) is 9.71. The molecule has 0 aromatic heterocycles. The van der Waals surface area contributed by atoms with Gasteiger partial charge in [0.2, 0.25) is 5.90 Å². The van der Waals surface area contributed by atoms with E-state index in [2.05, 4.69) is 15.5 Å². The van der Waals surface area contributed by atoms with Crippen molar-refractivity contribution in [3.8, 4) is 5.75 Å². The molecule has 2 N–H and O–H groups in total. The molecule has 0 unspecified atom stereocenters. The monoisotopic (exact) mass is 568 g/mol. The number of carbonyl (C=O) groups excluding carboxylic acids is 1. The Hall–Kier alpha value is -4.37. The third-order valence-electron chi connectivity index (χ3n) is 7.60. The molecule has 10 heteroatoms. The second-order valence-corrected chi connectivity index (χ2v) is 10.5. The molecule has 1 amide bonds. The summed E-state index contributed by atoms with van der Waals surface area (Å²) < 4.78 is 12.4. The van der Waals surface area contributed by atoms with Crippen molar-refractivity contribution in [2.24, 2.45) is 10.1 Å². The molecule has 1 saturated heterocycles. The second kappa shape index (κ2) is 14.0. The number of amides is 1. The third kappa shape index (κ3) is 6.74. The third-order valence-corrected chi connectivity index (χ3v) is 7.60. The summed E-state index contributed by atoms with van der Waals surface area (Å²) in [5, 5.41) is 14.8. The number of nitrogens with one attached hydrogen (secondary N) is 1. The number of rotatable bonds is 12. The van der Waals surface area contributed by atoms with E-state index in [1.165, 1.54) is 0 Å². The van der Waals surface area contributed by atoms with E-state index in [0.717, 1.165) is 49.0 Å². The molecule has 2 aliphatic rings. The fraction of sp³-hybridized carbons (Fsp3) is 0.375. The zero-order valence-electron chi connectivity index (χ0n) is 23.6. The smallest absolute Gasteiger partial charge is 0.266 e. The lowest BCUT2D eigenvalue weighted by atomic mass is 9.80. The molecule has 0 saturated carbocycles. The van der Waals surface area contributed by atoms with Crippen LogP contribution in [0.3, 0.4) is 0 Å². The molecule has 2 heterocycles. The molecule has 5 rings (SSSR count). The van der Waals surface area contributed by atoms with Gasteiger partial charge in [-0.25, -0.2) is 10.0 Å². The molecule has 0 aliphatic carbocycles. The Morgan fingerprint density at radius 3 is 2.55 bits per heavy atom. The molecule has 1 fully saturated rings. The van der Waals surface area contributed by atoms with Gasteiger partial charge in [-0.05, 0) is 59.3 Å². The molecule has 0 spiro atoms. The molecular formula is C32H36N6O4. The molecular weight excluding hydrogens is 532 g/mol. The van der Waals surface area contributed by atoms with Gasteiger partial charge in [0, 0.05) is 43.0 Å². The lowest BCUT2D eigenvalue weighted by Crippen LogP contribution is -2.56. The summed E-state index contributed by atoms with van der Waals surface area (Å²) in [6.07, 6.45) is 3.25. The first kappa shape index (κ1) is 29.1. The van der Waals surface area contributed by atoms with E-state index in [0.29, 0.717) is 36.7 Å². The van der Waals surface area contributed by atoms with Crippen molar-refractivity contribution in [3.05, 3.63) is 112 Å². The fourth-order valence-corrected chi connectivity index (χ4v) is 5.45. The first-order chi connectivity index (χ1) is 20.6. The topological polar surface area (TPSA) is 132 Å². The number of ether oxygens (including phenoxy) is 2. The van der Waals surface area contributed by atoms with Crippen LogP contribution >= 0.6 is 0 Å². The SMILES string of the molecule is [N-]=[N+]=NCc1ccccc1[C@@H]1OC(c2ccc(OCCCO)cc2)=N[C@]1(Cc1ccccc1)C(=O)NN1CCCCC1. The van der Waals surface area contributed by atoms with Crippen molar-refractivity contribution >= 4 is 11.8 Å². The summed E-state index contributed by atoms with van der Waals surface area (Å²) in [5.41, 5.74) is 14.1. The Bertz CT molecular complexity index is 1420. The van der Waals surface area contributed by atoms with Crippen molar-refractivity contribution in [2.75, 3.05) is 26.3 Å². The molecule has 0 bridgehead atoms. The standard InChI is InChI=1S/C32H36N6O4/c33-37-34-23-26-12-5-6-13-28(26)29-32(22-24-10-3-1-4-11-24,31(40)36-38-18-7-2-8-19-38)35-30(42-29)25-14-16-27(17-15-25)41-21-9-20-39/h1,3-6,10-17,29,39H,2,7-9,18-23H2,(H,36,40)/t29-,32-/m0/s1. The fourth-order valence-electron chi connectivity index (χ4n) is 5.45. The lowest BCUT2D eigenvalue weighted by Gasteiger charge is -2.35. The number of hydrazine groups is 1. The van der Waals surface area contributed by atoms with Gasteiger partial charge in [-0.2, -0.15) is 0 Å². The molecule has 3 aromatic rings. The Morgan fingerprint density at radius 1 is 1.07 bits per heavy atom. The summed E-state index contributed by atoms with van der Waals surface area (Å²) >= 11 is 0. The highest BCUT2D eigenvalue weighted by Gasteiger charge is 2.54. The van der Waals surface area contributed by atoms with Crippen molar-refractivity contribution in [1.82, 2.24) is 10.4 Å². The first-order valence-electron chi connectivity index (χ1n) is 14.4. The average molecular weight is 569 g/mol. The van der Waals surface area contributed by atoms with Crippen LogP contribution in [0.4, 0.5) is 0 Å². The van der Waals surface area contributed by atoms with Crippen LogP contribution in [0.1, 0.15) is 54.0 Å². The van der Waals surface area contributed by atoms with E-state index < -0.39 is 11.6 Å².